The summed E-state index contributed by atoms with van der Waals surface area (Å²) in [6.45, 7) is 0.716. The van der Waals surface area contributed by atoms with E-state index in [1.807, 2.05) is 30.0 Å². The van der Waals surface area contributed by atoms with Crippen LogP contribution in [-0.2, 0) is 6.54 Å². The summed E-state index contributed by atoms with van der Waals surface area (Å²) in [5.41, 5.74) is 6.94. The molecule has 0 amide bonds. The van der Waals surface area contributed by atoms with Crippen molar-refractivity contribution in [1.29, 1.82) is 0 Å². The Kier molecular flexibility index (Phi) is 3.36. The number of thiazole rings is 1. The van der Waals surface area contributed by atoms with Crippen LogP contribution in [0.1, 0.15) is 5.69 Å². The van der Waals surface area contributed by atoms with E-state index in [0.717, 1.165) is 27.9 Å². The van der Waals surface area contributed by atoms with Gasteiger partial charge in [0.25, 0.3) is 0 Å². The molecule has 0 saturated heterocycles. The minimum absolute atomic E-state index is 0.646. The van der Waals surface area contributed by atoms with Crippen molar-refractivity contribution in [3.8, 4) is 11.1 Å². The van der Waals surface area contributed by atoms with Crippen LogP contribution in [0.25, 0.3) is 22.2 Å². The van der Waals surface area contributed by atoms with E-state index in [9.17, 15) is 0 Å². The lowest BCUT2D eigenvalue weighted by atomic mass is 10.1. The summed E-state index contributed by atoms with van der Waals surface area (Å²) in [7, 11) is 0. The molecule has 1 aromatic carbocycles. The molecule has 0 spiro atoms. The summed E-state index contributed by atoms with van der Waals surface area (Å²) in [5, 5.41) is 2.70. The van der Waals surface area contributed by atoms with E-state index in [4.69, 9.17) is 11.6 Å². The van der Waals surface area contributed by atoms with Gasteiger partial charge in [0.15, 0.2) is 0 Å². The second kappa shape index (κ2) is 5.51. The molecule has 0 N–H and O–H groups in total. The van der Waals surface area contributed by atoms with Crippen LogP contribution >= 0.6 is 22.9 Å². The quantitative estimate of drug-likeness (QED) is 0.565. The number of pyridine rings is 1. The van der Waals surface area contributed by atoms with Crippen molar-refractivity contribution in [2.45, 2.75) is 6.54 Å². The van der Waals surface area contributed by atoms with E-state index in [-0.39, 0.29) is 0 Å². The molecular formula is C16H11ClN4S. The minimum atomic E-state index is 0.646. The standard InChI is InChI=1S/C16H11ClN4S/c17-14-6-18-4-3-13(14)11-1-2-15-16(5-11)21(9-19-15)7-12-8-22-10-20-12/h1-6,8-10H,7H2. The molecular weight excluding hydrogens is 316 g/mol. The SMILES string of the molecule is Clc1cnccc1-c1ccc2ncn(Cc3cscn3)c2c1. The van der Waals surface area contributed by atoms with Gasteiger partial charge in [-0.25, -0.2) is 9.97 Å². The summed E-state index contributed by atoms with van der Waals surface area (Å²) >= 11 is 7.84. The number of aromatic nitrogens is 4. The summed E-state index contributed by atoms with van der Waals surface area (Å²) in [6, 6.07) is 8.07. The Morgan fingerprint density at radius 3 is 2.95 bits per heavy atom. The van der Waals surface area contributed by atoms with Gasteiger partial charge in [0.2, 0.25) is 0 Å². The third-order valence-corrected chi connectivity index (χ3v) is 4.46. The highest BCUT2D eigenvalue weighted by Gasteiger charge is 2.08. The normalized spacial score (nSPS) is 11.1. The maximum absolute atomic E-state index is 6.25. The van der Waals surface area contributed by atoms with Crippen LogP contribution in [0.15, 0.2) is 53.9 Å². The summed E-state index contributed by atoms with van der Waals surface area (Å²) in [5.74, 6) is 0. The monoisotopic (exact) mass is 326 g/mol. The molecule has 4 aromatic rings. The van der Waals surface area contributed by atoms with Crippen molar-refractivity contribution in [3.63, 3.8) is 0 Å². The van der Waals surface area contributed by atoms with Gasteiger partial charge in [-0.05, 0) is 23.8 Å². The Morgan fingerprint density at radius 1 is 1.18 bits per heavy atom. The molecule has 0 aliphatic rings. The molecule has 0 aliphatic heterocycles. The van der Waals surface area contributed by atoms with E-state index >= 15 is 0 Å². The van der Waals surface area contributed by atoms with Gasteiger partial charge in [-0.1, -0.05) is 17.7 Å². The van der Waals surface area contributed by atoms with Crippen molar-refractivity contribution in [2.24, 2.45) is 0 Å². The molecule has 0 bridgehead atoms. The zero-order valence-corrected chi connectivity index (χ0v) is 13.1. The van der Waals surface area contributed by atoms with E-state index in [2.05, 4.69) is 31.0 Å². The molecule has 0 unspecified atom stereocenters. The Morgan fingerprint density at radius 2 is 2.14 bits per heavy atom. The van der Waals surface area contributed by atoms with Gasteiger partial charge in [0.1, 0.15) is 0 Å². The highest BCUT2D eigenvalue weighted by Crippen LogP contribution is 2.29. The highest BCUT2D eigenvalue weighted by molar-refractivity contribution is 7.07. The largest absolute Gasteiger partial charge is 0.324 e. The number of hydrogen-bond donors (Lipinski definition) is 0. The number of rotatable bonds is 3. The summed E-state index contributed by atoms with van der Waals surface area (Å²) < 4.78 is 2.10. The molecule has 6 heteroatoms. The summed E-state index contributed by atoms with van der Waals surface area (Å²) in [4.78, 5) is 12.8. The topological polar surface area (TPSA) is 43.6 Å². The lowest BCUT2D eigenvalue weighted by molar-refractivity contribution is 0.804. The first-order valence-corrected chi connectivity index (χ1v) is 8.05. The number of fused-ring (bicyclic) bond motifs is 1. The maximum Gasteiger partial charge on any atom is 0.0962 e. The Hall–Kier alpha value is -2.24. The molecule has 4 nitrogen and oxygen atoms in total. The van der Waals surface area contributed by atoms with E-state index in [0.29, 0.717) is 11.6 Å². The minimum Gasteiger partial charge on any atom is -0.324 e. The van der Waals surface area contributed by atoms with Crippen LogP contribution in [-0.4, -0.2) is 19.5 Å². The predicted octanol–water partition coefficient (Wildman–Crippen LogP) is 4.26. The van der Waals surface area contributed by atoms with Crippen molar-refractivity contribution >= 4 is 34.0 Å². The molecule has 3 aromatic heterocycles. The molecule has 108 valence electrons. The molecule has 3 heterocycles. The average molecular weight is 327 g/mol. The number of nitrogens with zero attached hydrogens (tertiary/aromatic N) is 4. The van der Waals surface area contributed by atoms with Crippen LogP contribution in [0, 0.1) is 0 Å². The van der Waals surface area contributed by atoms with Gasteiger partial charge in [0.05, 0.1) is 40.1 Å². The number of halogens is 1. The number of benzene rings is 1. The molecule has 4 rings (SSSR count). The third kappa shape index (κ3) is 2.38. The van der Waals surface area contributed by atoms with Crippen molar-refractivity contribution in [3.05, 3.63) is 64.6 Å². The fourth-order valence-corrected chi connectivity index (χ4v) is 3.23. The van der Waals surface area contributed by atoms with Crippen molar-refractivity contribution in [2.75, 3.05) is 0 Å². The van der Waals surface area contributed by atoms with Crippen LogP contribution in [0.5, 0.6) is 0 Å². The van der Waals surface area contributed by atoms with Gasteiger partial charge >= 0.3 is 0 Å². The van der Waals surface area contributed by atoms with Crippen LogP contribution in [0.4, 0.5) is 0 Å². The van der Waals surface area contributed by atoms with Crippen molar-refractivity contribution < 1.29 is 0 Å². The fraction of sp³-hybridized carbons (Fsp3) is 0.0625. The van der Waals surface area contributed by atoms with Crippen LogP contribution in [0.3, 0.4) is 0 Å². The molecule has 0 fully saturated rings. The van der Waals surface area contributed by atoms with Crippen LogP contribution < -0.4 is 0 Å². The Labute approximate surface area is 136 Å². The second-order valence-corrected chi connectivity index (χ2v) is 6.04. The third-order valence-electron chi connectivity index (χ3n) is 3.52. The Balaban J connectivity index is 1.81. The molecule has 0 aliphatic carbocycles. The van der Waals surface area contributed by atoms with Crippen LogP contribution in [0.2, 0.25) is 5.02 Å². The fourth-order valence-electron chi connectivity index (χ4n) is 2.45. The smallest absolute Gasteiger partial charge is 0.0962 e. The zero-order chi connectivity index (χ0) is 14.9. The van der Waals surface area contributed by atoms with Crippen molar-refractivity contribution in [1.82, 2.24) is 19.5 Å². The summed E-state index contributed by atoms with van der Waals surface area (Å²) in [6.07, 6.45) is 5.26. The lowest BCUT2D eigenvalue weighted by Crippen LogP contribution is -1.98. The van der Waals surface area contributed by atoms with Gasteiger partial charge in [0, 0.05) is 23.3 Å². The van der Waals surface area contributed by atoms with Gasteiger partial charge in [-0.2, -0.15) is 0 Å². The first kappa shape index (κ1) is 13.4. The molecule has 0 saturated carbocycles. The highest BCUT2D eigenvalue weighted by atomic mass is 35.5. The van der Waals surface area contributed by atoms with E-state index in [1.54, 1.807) is 23.7 Å². The van der Waals surface area contributed by atoms with Gasteiger partial charge in [-0.3, -0.25) is 4.98 Å². The van der Waals surface area contributed by atoms with Gasteiger partial charge < -0.3 is 4.57 Å². The first-order valence-electron chi connectivity index (χ1n) is 6.73. The lowest BCUT2D eigenvalue weighted by Gasteiger charge is -2.06. The van der Waals surface area contributed by atoms with E-state index in [1.165, 1.54) is 0 Å². The Bertz CT molecular complexity index is 930. The molecule has 22 heavy (non-hydrogen) atoms. The predicted molar refractivity (Wildman–Crippen MR) is 89.2 cm³/mol. The number of imidazole rings is 1. The number of hydrogen-bond acceptors (Lipinski definition) is 4. The second-order valence-electron chi connectivity index (χ2n) is 4.91. The van der Waals surface area contributed by atoms with Gasteiger partial charge in [-0.15, -0.1) is 11.3 Å². The molecule has 0 atom stereocenters. The maximum atomic E-state index is 6.25. The first-order chi connectivity index (χ1) is 10.8. The van der Waals surface area contributed by atoms with E-state index < -0.39 is 0 Å². The average Bonchev–Trinajstić information content (AvgIpc) is 3.18. The zero-order valence-electron chi connectivity index (χ0n) is 11.5. The molecule has 0 radical (unpaired) electrons.